The lowest BCUT2D eigenvalue weighted by Crippen LogP contribution is -2.46. The molecule has 0 fully saturated rings. The number of fused-ring (bicyclic) bond motifs is 2. The maximum Gasteiger partial charge on any atom is 0.338 e. The Morgan fingerprint density at radius 3 is 2.19 bits per heavy atom. The highest BCUT2D eigenvalue weighted by Crippen LogP contribution is 2.40. The van der Waals surface area contributed by atoms with E-state index in [0.717, 1.165) is 22.3 Å². The lowest BCUT2D eigenvalue weighted by atomic mass is 9.90. The standard InChI is InChI=1S/C43H39NO8S/c1-6-11-39(53(48,49)50)44-38-15-9-8-14-33(38)40(42(45)46)36-23-31(34-24-32(51-5)21-20-28(34)7-2)22-35(41(36)44)29-16-18-30(19-17-29)43(47)52-25-37-26(3)12-10-13-27(37)4/h7-10,12-24,39H,2,6,11,25H2,1,3-5H3,(H-,45,46,48,49,50)/p+1. The SMILES string of the molecule is C=Cc1ccc(OC)cc1-c1cc(-c2ccc(C(=O)OCc3c(C)cccc3C)cc2)c2c(c1)c(C(=O)O)c1ccccc1[n+]2C(CCC)S(=O)(=O)O. The smallest absolute Gasteiger partial charge is 0.338 e. The zero-order valence-corrected chi connectivity index (χ0v) is 30.7. The molecule has 0 radical (unpaired) electrons. The first-order valence-corrected chi connectivity index (χ1v) is 18.6. The van der Waals surface area contributed by atoms with Crippen molar-refractivity contribution in [3.05, 3.63) is 137 Å². The summed E-state index contributed by atoms with van der Waals surface area (Å²) in [4.78, 5) is 26.5. The van der Waals surface area contributed by atoms with E-state index in [9.17, 15) is 27.7 Å². The van der Waals surface area contributed by atoms with Gasteiger partial charge >= 0.3 is 22.1 Å². The highest BCUT2D eigenvalue weighted by molar-refractivity contribution is 7.85. The third-order valence-electron chi connectivity index (χ3n) is 9.65. The molecule has 1 aromatic heterocycles. The number of aromatic nitrogens is 1. The molecular formula is C43H40NO8S+. The molecule has 0 saturated heterocycles. The molecule has 9 nitrogen and oxygen atoms in total. The van der Waals surface area contributed by atoms with Gasteiger partial charge in [0.15, 0.2) is 0 Å². The molecule has 1 atom stereocenters. The molecule has 6 aromatic rings. The fraction of sp³-hybridized carbons (Fsp3) is 0.186. The number of rotatable bonds is 12. The summed E-state index contributed by atoms with van der Waals surface area (Å²) in [6.07, 6.45) is 2.15. The second-order valence-corrected chi connectivity index (χ2v) is 14.5. The first-order chi connectivity index (χ1) is 25.4. The van der Waals surface area contributed by atoms with Crippen LogP contribution < -0.4 is 9.30 Å². The summed E-state index contributed by atoms with van der Waals surface area (Å²) in [5, 5.41) is 9.90. The molecule has 5 aromatic carbocycles. The van der Waals surface area contributed by atoms with Gasteiger partial charge in [0.2, 0.25) is 11.0 Å². The Labute approximate surface area is 308 Å². The van der Waals surface area contributed by atoms with Gasteiger partial charge in [-0.2, -0.15) is 13.0 Å². The number of hydrogen-bond donors (Lipinski definition) is 2. The average Bonchev–Trinajstić information content (AvgIpc) is 3.14. The van der Waals surface area contributed by atoms with Gasteiger partial charge in [0, 0.05) is 12.5 Å². The third kappa shape index (κ3) is 7.16. The van der Waals surface area contributed by atoms with E-state index in [1.165, 1.54) is 4.57 Å². The molecule has 10 heteroatoms. The molecule has 53 heavy (non-hydrogen) atoms. The molecule has 2 N–H and O–H groups in total. The van der Waals surface area contributed by atoms with E-state index >= 15 is 0 Å². The first kappa shape index (κ1) is 36.9. The number of pyridine rings is 1. The number of methoxy groups -OCH3 is 1. The van der Waals surface area contributed by atoms with Crippen LogP contribution >= 0.6 is 0 Å². The lowest BCUT2D eigenvalue weighted by molar-refractivity contribution is -0.651. The van der Waals surface area contributed by atoms with Crippen LogP contribution in [0.15, 0.2) is 104 Å². The van der Waals surface area contributed by atoms with Gasteiger partial charge in [-0.3, -0.25) is 4.55 Å². The molecule has 6 rings (SSSR count). The summed E-state index contributed by atoms with van der Waals surface area (Å²) >= 11 is 0. The minimum Gasteiger partial charge on any atom is -0.497 e. The lowest BCUT2D eigenvalue weighted by Gasteiger charge is -2.19. The van der Waals surface area contributed by atoms with Crippen molar-refractivity contribution < 1.29 is 41.7 Å². The van der Waals surface area contributed by atoms with Crippen LogP contribution in [0, 0.1) is 13.8 Å². The zero-order chi connectivity index (χ0) is 38.0. The summed E-state index contributed by atoms with van der Waals surface area (Å²) in [6, 6.07) is 28.3. The summed E-state index contributed by atoms with van der Waals surface area (Å²) in [5.41, 5.74) is 6.95. The number of aryl methyl sites for hydroxylation is 2. The van der Waals surface area contributed by atoms with Gasteiger partial charge in [-0.05, 0) is 102 Å². The van der Waals surface area contributed by atoms with Crippen molar-refractivity contribution in [2.45, 2.75) is 45.6 Å². The molecule has 270 valence electrons. The van der Waals surface area contributed by atoms with Crippen LogP contribution in [0.2, 0.25) is 0 Å². The number of carbonyl (C=O) groups excluding carboxylic acids is 1. The third-order valence-corrected chi connectivity index (χ3v) is 10.8. The van der Waals surface area contributed by atoms with Crippen molar-refractivity contribution in [1.82, 2.24) is 0 Å². The molecule has 0 aliphatic heterocycles. The molecular weight excluding hydrogens is 691 g/mol. The van der Waals surface area contributed by atoms with Crippen molar-refractivity contribution in [3.8, 4) is 28.0 Å². The number of carboxylic acids is 1. The van der Waals surface area contributed by atoms with E-state index < -0.39 is 27.4 Å². The van der Waals surface area contributed by atoms with E-state index in [1.54, 1.807) is 73.8 Å². The van der Waals surface area contributed by atoms with Crippen molar-refractivity contribution >= 4 is 49.9 Å². The summed E-state index contributed by atoms with van der Waals surface area (Å²) in [5.74, 6) is -1.16. The van der Waals surface area contributed by atoms with Crippen molar-refractivity contribution in [3.63, 3.8) is 0 Å². The Bertz CT molecular complexity index is 2500. The van der Waals surface area contributed by atoms with E-state index in [4.69, 9.17) is 9.47 Å². The highest BCUT2D eigenvalue weighted by atomic mass is 32.2. The maximum atomic E-state index is 13.3. The van der Waals surface area contributed by atoms with Gasteiger partial charge in [0.05, 0.1) is 34.6 Å². The Hall–Kier alpha value is -5.84. The molecule has 0 spiro atoms. The quantitative estimate of drug-likeness (QED) is 0.0552. The Kier molecular flexibility index (Phi) is 10.5. The van der Waals surface area contributed by atoms with Crippen LogP contribution in [-0.2, 0) is 21.5 Å². The van der Waals surface area contributed by atoms with Crippen LogP contribution in [0.3, 0.4) is 0 Å². The maximum absolute atomic E-state index is 13.3. The Morgan fingerprint density at radius 1 is 0.868 bits per heavy atom. The minimum absolute atomic E-state index is 0.0321. The second kappa shape index (κ2) is 15.0. The fourth-order valence-corrected chi connectivity index (χ4v) is 8.00. The average molecular weight is 731 g/mol. The number of carbonyl (C=O) groups is 2. The van der Waals surface area contributed by atoms with Crippen LogP contribution in [-0.4, -0.2) is 37.1 Å². The molecule has 0 amide bonds. The number of carboxylic acid groups (broad SMARTS) is 1. The van der Waals surface area contributed by atoms with Gasteiger partial charge in [0.1, 0.15) is 12.4 Å². The van der Waals surface area contributed by atoms with Crippen LogP contribution in [0.1, 0.15) is 68.1 Å². The van der Waals surface area contributed by atoms with E-state index in [2.05, 4.69) is 6.58 Å². The normalized spacial score (nSPS) is 12.1. The molecule has 0 saturated carbocycles. The second-order valence-electron chi connectivity index (χ2n) is 12.9. The molecule has 0 bridgehead atoms. The highest BCUT2D eigenvalue weighted by Gasteiger charge is 2.38. The molecule has 0 aliphatic rings. The van der Waals surface area contributed by atoms with Gasteiger partial charge in [-0.15, -0.1) is 0 Å². The summed E-state index contributed by atoms with van der Waals surface area (Å²) in [7, 11) is -3.16. The Morgan fingerprint density at radius 2 is 1.57 bits per heavy atom. The van der Waals surface area contributed by atoms with Crippen molar-refractivity contribution in [1.29, 1.82) is 0 Å². The van der Waals surface area contributed by atoms with E-state index in [0.29, 0.717) is 50.9 Å². The molecule has 0 aliphatic carbocycles. The van der Waals surface area contributed by atoms with Gasteiger partial charge < -0.3 is 14.6 Å². The van der Waals surface area contributed by atoms with Crippen LogP contribution in [0.25, 0.3) is 50.1 Å². The number of ether oxygens (including phenoxy) is 2. The van der Waals surface area contributed by atoms with Crippen molar-refractivity contribution in [2.75, 3.05) is 7.11 Å². The fourth-order valence-electron chi connectivity index (χ4n) is 6.98. The number of aromatic carboxylic acids is 1. The number of hydrogen-bond acceptors (Lipinski definition) is 6. The summed E-state index contributed by atoms with van der Waals surface area (Å²) < 4.78 is 49.8. The number of para-hydroxylation sites is 1. The van der Waals surface area contributed by atoms with Gasteiger partial charge in [0.25, 0.3) is 5.37 Å². The Balaban J connectivity index is 1.66. The van der Waals surface area contributed by atoms with Gasteiger partial charge in [-0.25, -0.2) is 9.59 Å². The van der Waals surface area contributed by atoms with Gasteiger partial charge in [-0.1, -0.05) is 68.1 Å². The summed E-state index contributed by atoms with van der Waals surface area (Å²) in [6.45, 7) is 9.83. The zero-order valence-electron chi connectivity index (χ0n) is 29.9. The molecule has 1 heterocycles. The predicted octanol–water partition coefficient (Wildman–Crippen LogP) is 9.12. The van der Waals surface area contributed by atoms with E-state index in [1.807, 2.05) is 57.2 Å². The first-order valence-electron chi connectivity index (χ1n) is 17.1. The predicted molar refractivity (Wildman–Crippen MR) is 207 cm³/mol. The minimum atomic E-state index is -4.71. The number of esters is 1. The number of benzene rings is 5. The topological polar surface area (TPSA) is 131 Å². The van der Waals surface area contributed by atoms with Crippen LogP contribution in [0.5, 0.6) is 5.75 Å². The largest absolute Gasteiger partial charge is 0.497 e. The molecule has 1 unspecified atom stereocenters. The van der Waals surface area contributed by atoms with Crippen LogP contribution in [0.4, 0.5) is 0 Å². The van der Waals surface area contributed by atoms with Crippen molar-refractivity contribution in [2.24, 2.45) is 0 Å². The van der Waals surface area contributed by atoms with E-state index in [-0.39, 0.29) is 29.5 Å². The number of nitrogens with zero attached hydrogens (tertiary/aromatic N) is 1. The monoisotopic (exact) mass is 730 g/mol.